The van der Waals surface area contributed by atoms with Gasteiger partial charge in [0.05, 0.1) is 13.0 Å². The molecule has 2 aromatic rings. The standard InChI is InChI=1S/C23H29N5O3/c1-31-19-8-2-5-16(11-19)13-25-22(29)18-7-4-10-28(15-18)23(30)21-12-20(26-27-21)17-6-3-9-24-14-17/h2-3,5-6,8-9,11,14,18,20-21,26-27H,4,7,10,12-13,15H2,1H3,(H,25,29). The molecule has 4 rings (SSSR count). The maximum absolute atomic E-state index is 13.1. The van der Waals surface area contributed by atoms with Crippen LogP contribution in [0.3, 0.4) is 0 Å². The summed E-state index contributed by atoms with van der Waals surface area (Å²) in [5, 5.41) is 3.01. The number of nitrogens with one attached hydrogen (secondary N) is 3. The molecule has 31 heavy (non-hydrogen) atoms. The average Bonchev–Trinajstić information content (AvgIpc) is 3.33. The van der Waals surface area contributed by atoms with Gasteiger partial charge in [-0.1, -0.05) is 18.2 Å². The van der Waals surface area contributed by atoms with Crippen molar-refractivity contribution < 1.29 is 14.3 Å². The fraction of sp³-hybridized carbons (Fsp3) is 0.435. The molecule has 3 heterocycles. The molecule has 8 heteroatoms. The highest BCUT2D eigenvalue weighted by Crippen LogP contribution is 2.24. The van der Waals surface area contributed by atoms with Crippen molar-refractivity contribution in [2.24, 2.45) is 5.92 Å². The summed E-state index contributed by atoms with van der Waals surface area (Å²) in [4.78, 5) is 31.8. The number of aromatic nitrogens is 1. The van der Waals surface area contributed by atoms with Gasteiger partial charge in [-0.15, -0.1) is 0 Å². The number of carbonyl (C=O) groups is 2. The van der Waals surface area contributed by atoms with Crippen LogP contribution in [-0.4, -0.2) is 47.9 Å². The van der Waals surface area contributed by atoms with Gasteiger partial charge in [0.2, 0.25) is 11.8 Å². The van der Waals surface area contributed by atoms with E-state index in [1.165, 1.54) is 0 Å². The lowest BCUT2D eigenvalue weighted by Crippen LogP contribution is -2.51. The lowest BCUT2D eigenvalue weighted by Gasteiger charge is -2.33. The Kier molecular flexibility index (Phi) is 6.79. The van der Waals surface area contributed by atoms with Gasteiger partial charge < -0.3 is 15.0 Å². The molecular formula is C23H29N5O3. The predicted octanol–water partition coefficient (Wildman–Crippen LogP) is 1.55. The Labute approximate surface area is 182 Å². The molecule has 3 atom stereocenters. The Balaban J connectivity index is 1.29. The van der Waals surface area contributed by atoms with Gasteiger partial charge in [-0.25, -0.2) is 10.9 Å². The molecule has 8 nitrogen and oxygen atoms in total. The first kappa shape index (κ1) is 21.3. The normalized spacial score (nSPS) is 23.4. The third-order valence-electron chi connectivity index (χ3n) is 5.99. The number of likely N-dealkylation sites (tertiary alicyclic amines) is 1. The first-order valence-corrected chi connectivity index (χ1v) is 10.7. The lowest BCUT2D eigenvalue weighted by atomic mass is 9.95. The predicted molar refractivity (Wildman–Crippen MR) is 116 cm³/mol. The monoisotopic (exact) mass is 423 g/mol. The molecule has 0 radical (unpaired) electrons. The highest BCUT2D eigenvalue weighted by Gasteiger charge is 2.36. The zero-order valence-electron chi connectivity index (χ0n) is 17.7. The highest BCUT2D eigenvalue weighted by molar-refractivity contribution is 5.84. The molecule has 0 aliphatic carbocycles. The summed E-state index contributed by atoms with van der Waals surface area (Å²) in [5.41, 5.74) is 8.36. The van der Waals surface area contributed by atoms with Gasteiger partial charge >= 0.3 is 0 Å². The Morgan fingerprint density at radius 3 is 2.97 bits per heavy atom. The minimum Gasteiger partial charge on any atom is -0.497 e. The van der Waals surface area contributed by atoms with Gasteiger partial charge in [-0.05, 0) is 48.6 Å². The van der Waals surface area contributed by atoms with E-state index < -0.39 is 0 Å². The van der Waals surface area contributed by atoms with Crippen molar-refractivity contribution in [1.29, 1.82) is 0 Å². The fourth-order valence-corrected chi connectivity index (χ4v) is 4.25. The van der Waals surface area contributed by atoms with Crippen molar-refractivity contribution in [3.63, 3.8) is 0 Å². The van der Waals surface area contributed by atoms with Crippen LogP contribution < -0.4 is 20.9 Å². The topological polar surface area (TPSA) is 95.6 Å². The van der Waals surface area contributed by atoms with Gasteiger partial charge in [0, 0.05) is 38.1 Å². The average molecular weight is 424 g/mol. The largest absolute Gasteiger partial charge is 0.497 e. The fourth-order valence-electron chi connectivity index (χ4n) is 4.25. The second kappa shape index (κ2) is 9.89. The molecule has 0 bridgehead atoms. The van der Waals surface area contributed by atoms with Crippen LogP contribution in [-0.2, 0) is 16.1 Å². The van der Waals surface area contributed by atoms with Gasteiger partial charge in [0.15, 0.2) is 0 Å². The molecule has 1 aromatic carbocycles. The van der Waals surface area contributed by atoms with E-state index >= 15 is 0 Å². The molecule has 2 fully saturated rings. The molecule has 2 aliphatic rings. The number of nitrogens with zero attached hydrogens (tertiary/aromatic N) is 2. The molecule has 164 valence electrons. The summed E-state index contributed by atoms with van der Waals surface area (Å²) in [5.74, 6) is 0.616. The number of rotatable bonds is 6. The molecule has 2 aliphatic heterocycles. The Morgan fingerprint density at radius 1 is 1.26 bits per heavy atom. The van der Waals surface area contributed by atoms with Crippen LogP contribution >= 0.6 is 0 Å². The van der Waals surface area contributed by atoms with Crippen LogP contribution in [0.1, 0.15) is 36.4 Å². The van der Waals surface area contributed by atoms with Crippen LogP contribution in [0, 0.1) is 5.92 Å². The van der Waals surface area contributed by atoms with E-state index in [2.05, 4.69) is 21.2 Å². The zero-order chi connectivity index (χ0) is 21.6. The minimum absolute atomic E-state index is 0.00828. The summed E-state index contributed by atoms with van der Waals surface area (Å²) < 4.78 is 5.23. The summed E-state index contributed by atoms with van der Waals surface area (Å²) in [6.07, 6.45) is 5.84. The summed E-state index contributed by atoms with van der Waals surface area (Å²) in [7, 11) is 1.62. The SMILES string of the molecule is COc1cccc(CNC(=O)C2CCCN(C(=O)C3CC(c4cccnc4)NN3)C2)c1. The molecule has 3 N–H and O–H groups in total. The van der Waals surface area contributed by atoms with Crippen LogP contribution in [0.25, 0.3) is 0 Å². The van der Waals surface area contributed by atoms with E-state index in [1.54, 1.807) is 13.3 Å². The Hall–Kier alpha value is -2.97. The quantitative estimate of drug-likeness (QED) is 0.653. The molecule has 2 saturated heterocycles. The number of hydrogen-bond acceptors (Lipinski definition) is 6. The maximum Gasteiger partial charge on any atom is 0.241 e. The van der Waals surface area contributed by atoms with Gasteiger partial charge in [-0.3, -0.25) is 14.6 Å². The third-order valence-corrected chi connectivity index (χ3v) is 5.99. The lowest BCUT2D eigenvalue weighted by molar-refractivity contribution is -0.137. The van der Waals surface area contributed by atoms with Crippen LogP contribution in [0.2, 0.25) is 0 Å². The number of benzene rings is 1. The number of pyridine rings is 1. The van der Waals surface area contributed by atoms with Crippen LogP contribution in [0.15, 0.2) is 48.8 Å². The summed E-state index contributed by atoms with van der Waals surface area (Å²) >= 11 is 0. The number of amides is 2. The van der Waals surface area contributed by atoms with Crippen LogP contribution in [0.4, 0.5) is 0 Å². The smallest absolute Gasteiger partial charge is 0.241 e. The molecule has 2 amide bonds. The van der Waals surface area contributed by atoms with Crippen molar-refractivity contribution in [2.75, 3.05) is 20.2 Å². The number of carbonyl (C=O) groups excluding carboxylic acids is 2. The van der Waals surface area contributed by atoms with Crippen molar-refractivity contribution in [1.82, 2.24) is 26.1 Å². The number of hydrazine groups is 1. The van der Waals surface area contributed by atoms with E-state index in [4.69, 9.17) is 4.74 Å². The van der Waals surface area contributed by atoms with Gasteiger partial charge in [0.1, 0.15) is 11.8 Å². The van der Waals surface area contributed by atoms with Crippen LogP contribution in [0.5, 0.6) is 5.75 Å². The molecule has 0 spiro atoms. The zero-order valence-corrected chi connectivity index (χ0v) is 17.7. The van der Waals surface area contributed by atoms with E-state index in [0.717, 1.165) is 29.7 Å². The van der Waals surface area contributed by atoms with Crippen molar-refractivity contribution in [3.8, 4) is 5.75 Å². The Bertz CT molecular complexity index is 907. The molecule has 0 saturated carbocycles. The first-order chi connectivity index (χ1) is 15.1. The molecule has 3 unspecified atom stereocenters. The number of methoxy groups -OCH3 is 1. The van der Waals surface area contributed by atoms with E-state index in [9.17, 15) is 9.59 Å². The molecular weight excluding hydrogens is 394 g/mol. The van der Waals surface area contributed by atoms with Crippen molar-refractivity contribution >= 4 is 11.8 Å². The summed E-state index contributed by atoms with van der Waals surface area (Å²) in [6.45, 7) is 1.59. The Morgan fingerprint density at radius 2 is 2.16 bits per heavy atom. The highest BCUT2D eigenvalue weighted by atomic mass is 16.5. The first-order valence-electron chi connectivity index (χ1n) is 10.7. The molecule has 1 aromatic heterocycles. The van der Waals surface area contributed by atoms with Gasteiger partial charge in [0.25, 0.3) is 0 Å². The minimum atomic E-state index is -0.302. The van der Waals surface area contributed by atoms with Crippen molar-refractivity contribution in [3.05, 3.63) is 59.9 Å². The van der Waals surface area contributed by atoms with Gasteiger partial charge in [-0.2, -0.15) is 0 Å². The number of ether oxygens (including phenoxy) is 1. The van der Waals surface area contributed by atoms with E-state index in [1.807, 2.05) is 47.5 Å². The van der Waals surface area contributed by atoms with Crippen molar-refractivity contribution in [2.45, 2.75) is 37.9 Å². The summed E-state index contributed by atoms with van der Waals surface area (Å²) in [6, 6.07) is 11.3. The third kappa shape index (κ3) is 5.21. The second-order valence-corrected chi connectivity index (χ2v) is 8.11. The number of piperidine rings is 1. The van der Waals surface area contributed by atoms with E-state index in [0.29, 0.717) is 26.1 Å². The maximum atomic E-state index is 13.1. The number of hydrogen-bond donors (Lipinski definition) is 3. The second-order valence-electron chi connectivity index (χ2n) is 8.11. The van der Waals surface area contributed by atoms with E-state index in [-0.39, 0.29) is 29.8 Å².